The predicted molar refractivity (Wildman–Crippen MR) is 112 cm³/mol. The summed E-state index contributed by atoms with van der Waals surface area (Å²) in [6, 6.07) is 13.4. The Labute approximate surface area is 171 Å². The van der Waals surface area contributed by atoms with E-state index in [-0.39, 0.29) is 17.6 Å². The monoisotopic (exact) mass is 397 g/mol. The highest BCUT2D eigenvalue weighted by atomic mass is 19.1. The lowest BCUT2D eigenvalue weighted by atomic mass is 10.1. The smallest absolute Gasteiger partial charge is 0.251 e. The zero-order chi connectivity index (χ0) is 20.5. The minimum Gasteiger partial charge on any atom is -0.352 e. The molecule has 2 aromatic rings. The number of nitrogens with zero attached hydrogens (tertiary/aromatic N) is 1. The van der Waals surface area contributed by atoms with Gasteiger partial charge in [-0.05, 0) is 74.3 Å². The lowest BCUT2D eigenvalue weighted by Crippen LogP contribution is -2.29. The molecule has 0 aromatic heterocycles. The molecule has 2 amide bonds. The van der Waals surface area contributed by atoms with Crippen LogP contribution >= 0.6 is 0 Å². The maximum Gasteiger partial charge on any atom is 0.251 e. The number of hydrogen-bond acceptors (Lipinski definition) is 3. The van der Waals surface area contributed by atoms with Gasteiger partial charge in [-0.15, -0.1) is 0 Å². The molecule has 3 rings (SSSR count). The van der Waals surface area contributed by atoms with E-state index in [1.807, 2.05) is 18.2 Å². The van der Waals surface area contributed by atoms with Crippen LogP contribution in [0.15, 0.2) is 48.5 Å². The minimum atomic E-state index is -0.377. The van der Waals surface area contributed by atoms with E-state index in [0.29, 0.717) is 24.9 Å². The number of benzene rings is 2. The average Bonchev–Trinajstić information content (AvgIpc) is 2.72. The summed E-state index contributed by atoms with van der Waals surface area (Å²) in [7, 11) is 0. The number of carbonyl (C=O) groups excluding carboxylic acids is 2. The molecule has 5 nitrogen and oxygen atoms in total. The molecule has 0 unspecified atom stereocenters. The summed E-state index contributed by atoms with van der Waals surface area (Å²) in [5.41, 5.74) is 2.41. The van der Waals surface area contributed by atoms with Crippen molar-refractivity contribution in [3.63, 3.8) is 0 Å². The van der Waals surface area contributed by atoms with Crippen LogP contribution in [0.3, 0.4) is 0 Å². The number of halogens is 1. The van der Waals surface area contributed by atoms with Gasteiger partial charge in [0.1, 0.15) is 5.82 Å². The van der Waals surface area contributed by atoms with Crippen molar-refractivity contribution in [2.75, 3.05) is 25.0 Å². The molecular weight excluding hydrogens is 369 g/mol. The molecule has 0 radical (unpaired) electrons. The first kappa shape index (κ1) is 21.0. The highest BCUT2D eigenvalue weighted by Crippen LogP contribution is 2.16. The number of likely N-dealkylation sites (tertiary alicyclic amines) is 1. The van der Waals surface area contributed by atoms with E-state index >= 15 is 0 Å². The molecule has 1 aliphatic rings. The second-order valence-electron chi connectivity index (χ2n) is 7.45. The molecule has 2 N–H and O–H groups in total. The molecule has 1 saturated heterocycles. The summed E-state index contributed by atoms with van der Waals surface area (Å²) >= 11 is 0. The lowest BCUT2D eigenvalue weighted by Gasteiger charge is -2.26. The Morgan fingerprint density at radius 2 is 1.76 bits per heavy atom. The van der Waals surface area contributed by atoms with Crippen LogP contribution in [0.1, 0.15) is 48.0 Å². The third-order valence-corrected chi connectivity index (χ3v) is 5.04. The van der Waals surface area contributed by atoms with Gasteiger partial charge in [0.05, 0.1) is 0 Å². The SMILES string of the molecule is O=C(CCCNC(=O)c1ccc(F)cc1)Nc1cccc(CN2CCCCC2)c1. The van der Waals surface area contributed by atoms with Crippen LogP contribution in [0, 0.1) is 5.82 Å². The summed E-state index contributed by atoms with van der Waals surface area (Å²) in [5.74, 6) is -0.717. The largest absolute Gasteiger partial charge is 0.352 e. The van der Waals surface area contributed by atoms with E-state index in [0.717, 1.165) is 25.3 Å². The van der Waals surface area contributed by atoms with Gasteiger partial charge >= 0.3 is 0 Å². The number of rotatable bonds is 8. The highest BCUT2D eigenvalue weighted by molar-refractivity contribution is 5.94. The fourth-order valence-corrected chi connectivity index (χ4v) is 3.50. The molecule has 0 saturated carbocycles. The third kappa shape index (κ3) is 6.98. The van der Waals surface area contributed by atoms with Crippen LogP contribution < -0.4 is 10.6 Å². The Hall–Kier alpha value is -2.73. The normalized spacial score (nSPS) is 14.4. The second-order valence-corrected chi connectivity index (χ2v) is 7.45. The highest BCUT2D eigenvalue weighted by Gasteiger charge is 2.11. The average molecular weight is 397 g/mol. The van der Waals surface area contributed by atoms with Gasteiger partial charge in [-0.3, -0.25) is 14.5 Å². The first-order valence-corrected chi connectivity index (χ1v) is 10.2. The zero-order valence-corrected chi connectivity index (χ0v) is 16.6. The van der Waals surface area contributed by atoms with Crippen molar-refractivity contribution in [3.8, 4) is 0 Å². The topological polar surface area (TPSA) is 61.4 Å². The lowest BCUT2D eigenvalue weighted by molar-refractivity contribution is -0.116. The number of piperidine rings is 1. The van der Waals surface area contributed by atoms with Gasteiger partial charge in [-0.25, -0.2) is 4.39 Å². The number of anilines is 1. The van der Waals surface area contributed by atoms with Crippen LogP contribution in [0.25, 0.3) is 0 Å². The maximum absolute atomic E-state index is 12.9. The number of hydrogen-bond donors (Lipinski definition) is 2. The van der Waals surface area contributed by atoms with Gasteiger partial charge in [-0.1, -0.05) is 18.6 Å². The Morgan fingerprint density at radius 3 is 2.52 bits per heavy atom. The van der Waals surface area contributed by atoms with Gasteiger partial charge in [0.2, 0.25) is 5.91 Å². The molecule has 6 heteroatoms. The summed E-state index contributed by atoms with van der Waals surface area (Å²) in [6.07, 6.45) is 4.69. The maximum atomic E-state index is 12.9. The van der Waals surface area contributed by atoms with Crippen LogP contribution in [0.5, 0.6) is 0 Å². The van der Waals surface area contributed by atoms with Crippen LogP contribution in [0.2, 0.25) is 0 Å². The minimum absolute atomic E-state index is 0.0730. The standard InChI is InChI=1S/C23H28FN3O2/c24-20-11-9-19(10-12-20)23(29)25-13-5-8-22(28)26-21-7-4-6-18(16-21)17-27-14-2-1-3-15-27/h4,6-7,9-12,16H,1-3,5,8,13-15,17H2,(H,25,29)(H,26,28). The molecule has 0 spiro atoms. The summed E-state index contributed by atoms with van der Waals surface area (Å²) in [6.45, 7) is 3.58. The Morgan fingerprint density at radius 1 is 1.00 bits per heavy atom. The molecule has 0 aliphatic carbocycles. The molecule has 2 aromatic carbocycles. The van der Waals surface area contributed by atoms with Gasteiger partial charge in [0, 0.05) is 30.8 Å². The Bertz CT molecular complexity index is 817. The van der Waals surface area contributed by atoms with E-state index in [4.69, 9.17) is 0 Å². The third-order valence-electron chi connectivity index (χ3n) is 5.04. The number of nitrogens with one attached hydrogen (secondary N) is 2. The van der Waals surface area contributed by atoms with E-state index in [2.05, 4.69) is 21.6 Å². The van der Waals surface area contributed by atoms with Crippen molar-refractivity contribution in [3.05, 3.63) is 65.5 Å². The van der Waals surface area contributed by atoms with Crippen molar-refractivity contribution in [2.45, 2.75) is 38.6 Å². The van der Waals surface area contributed by atoms with Crippen molar-refractivity contribution < 1.29 is 14.0 Å². The van der Waals surface area contributed by atoms with E-state index in [1.165, 1.54) is 49.1 Å². The fraction of sp³-hybridized carbons (Fsp3) is 0.391. The molecule has 1 aliphatic heterocycles. The van der Waals surface area contributed by atoms with E-state index in [1.54, 1.807) is 0 Å². The van der Waals surface area contributed by atoms with E-state index < -0.39 is 0 Å². The first-order valence-electron chi connectivity index (χ1n) is 10.2. The molecule has 1 heterocycles. The molecule has 29 heavy (non-hydrogen) atoms. The van der Waals surface area contributed by atoms with Crippen LogP contribution in [0.4, 0.5) is 10.1 Å². The summed E-state index contributed by atoms with van der Waals surface area (Å²) in [5, 5.41) is 5.68. The number of carbonyl (C=O) groups is 2. The van der Waals surface area contributed by atoms with Gasteiger partial charge in [0.25, 0.3) is 5.91 Å². The molecule has 0 bridgehead atoms. The van der Waals surface area contributed by atoms with E-state index in [9.17, 15) is 14.0 Å². The van der Waals surface area contributed by atoms with Gasteiger partial charge in [-0.2, -0.15) is 0 Å². The van der Waals surface area contributed by atoms with Crippen molar-refractivity contribution in [1.82, 2.24) is 10.2 Å². The van der Waals surface area contributed by atoms with Gasteiger partial charge in [0.15, 0.2) is 0 Å². The van der Waals surface area contributed by atoms with Crippen molar-refractivity contribution in [2.24, 2.45) is 0 Å². The summed E-state index contributed by atoms with van der Waals surface area (Å²) in [4.78, 5) is 26.6. The molecule has 154 valence electrons. The number of amides is 2. The first-order chi connectivity index (χ1) is 14.1. The zero-order valence-electron chi connectivity index (χ0n) is 16.6. The van der Waals surface area contributed by atoms with Crippen LogP contribution in [-0.4, -0.2) is 36.3 Å². The predicted octanol–water partition coefficient (Wildman–Crippen LogP) is 3.96. The van der Waals surface area contributed by atoms with Crippen molar-refractivity contribution in [1.29, 1.82) is 0 Å². The van der Waals surface area contributed by atoms with Gasteiger partial charge < -0.3 is 10.6 Å². The second kappa shape index (κ2) is 10.7. The van der Waals surface area contributed by atoms with Crippen LogP contribution in [-0.2, 0) is 11.3 Å². The molecule has 0 atom stereocenters. The molecule has 1 fully saturated rings. The summed E-state index contributed by atoms with van der Waals surface area (Å²) < 4.78 is 12.9. The Balaban J connectivity index is 1.38. The Kier molecular flexibility index (Phi) is 7.76. The van der Waals surface area contributed by atoms with Crippen molar-refractivity contribution >= 4 is 17.5 Å². The fourth-order valence-electron chi connectivity index (χ4n) is 3.50. The quantitative estimate of drug-likeness (QED) is 0.663. The molecular formula is C23H28FN3O2.